The molecule has 2 aliphatic rings. The molecule has 3 heteroatoms. The Balaban J connectivity index is 1.74. The highest BCUT2D eigenvalue weighted by Gasteiger charge is 2.29. The van der Waals surface area contributed by atoms with E-state index in [2.05, 4.69) is 48.5 Å². The quantitative estimate of drug-likeness (QED) is 0.880. The highest BCUT2D eigenvalue weighted by molar-refractivity contribution is 5.54. The van der Waals surface area contributed by atoms with E-state index >= 15 is 0 Å². The van der Waals surface area contributed by atoms with Crippen LogP contribution in [0.2, 0.25) is 0 Å². The second kappa shape index (κ2) is 5.51. The summed E-state index contributed by atoms with van der Waals surface area (Å²) in [5, 5.41) is 3.61. The van der Waals surface area contributed by atoms with Crippen LogP contribution < -0.4 is 10.2 Å². The van der Waals surface area contributed by atoms with Crippen LogP contribution in [0.15, 0.2) is 24.3 Å². The van der Waals surface area contributed by atoms with E-state index < -0.39 is 0 Å². The van der Waals surface area contributed by atoms with Gasteiger partial charge >= 0.3 is 0 Å². The van der Waals surface area contributed by atoms with Crippen LogP contribution in [0.4, 0.5) is 5.69 Å². The summed E-state index contributed by atoms with van der Waals surface area (Å²) in [4.78, 5) is 2.40. The fraction of sp³-hybridized carbons (Fsp3) is 0.625. The zero-order valence-electron chi connectivity index (χ0n) is 11.9. The number of nitrogens with zero attached hydrogens (tertiary/aromatic N) is 1. The van der Waals surface area contributed by atoms with E-state index in [9.17, 15) is 0 Å². The van der Waals surface area contributed by atoms with Crippen molar-refractivity contribution in [3.63, 3.8) is 0 Å². The second-order valence-electron chi connectivity index (χ2n) is 5.83. The number of anilines is 1. The van der Waals surface area contributed by atoms with E-state index in [-0.39, 0.29) is 0 Å². The van der Waals surface area contributed by atoms with Crippen LogP contribution in [0.5, 0.6) is 0 Å². The Hall–Kier alpha value is -1.06. The number of rotatable bonds is 5. The molecular weight excluding hydrogens is 236 g/mol. The molecule has 2 fully saturated rings. The summed E-state index contributed by atoms with van der Waals surface area (Å²) < 4.78 is 5.70. The maximum absolute atomic E-state index is 5.70. The van der Waals surface area contributed by atoms with Crippen molar-refractivity contribution in [1.29, 1.82) is 0 Å². The van der Waals surface area contributed by atoms with Crippen molar-refractivity contribution in [2.45, 2.75) is 50.9 Å². The summed E-state index contributed by atoms with van der Waals surface area (Å²) in [7, 11) is 2.20. The number of nitrogens with one attached hydrogen (secondary N) is 1. The highest BCUT2D eigenvalue weighted by Crippen LogP contribution is 2.28. The molecule has 1 aromatic carbocycles. The van der Waals surface area contributed by atoms with E-state index in [0.29, 0.717) is 12.1 Å². The highest BCUT2D eigenvalue weighted by atomic mass is 16.5. The molecule has 104 valence electrons. The average molecular weight is 260 g/mol. The topological polar surface area (TPSA) is 24.5 Å². The minimum Gasteiger partial charge on any atom is -0.376 e. The summed E-state index contributed by atoms with van der Waals surface area (Å²) in [6.45, 7) is 4.05. The molecule has 19 heavy (non-hydrogen) atoms. The van der Waals surface area contributed by atoms with E-state index in [1.54, 1.807) is 0 Å². The lowest BCUT2D eigenvalue weighted by atomic mass is 10.1. The predicted octanol–water partition coefficient (Wildman–Crippen LogP) is 2.55. The van der Waals surface area contributed by atoms with Crippen molar-refractivity contribution in [1.82, 2.24) is 5.32 Å². The number of benzene rings is 1. The molecule has 3 nitrogen and oxygen atoms in total. The molecule has 2 atom stereocenters. The summed E-state index contributed by atoms with van der Waals surface area (Å²) in [5.41, 5.74) is 2.74. The minimum atomic E-state index is 0.328. The first kappa shape index (κ1) is 12.9. The van der Waals surface area contributed by atoms with Crippen molar-refractivity contribution < 1.29 is 4.74 Å². The SMILES string of the molecule is CC1OCCC1N(C)c1ccccc1CNC1CC1. The van der Waals surface area contributed by atoms with Crippen molar-refractivity contribution in [3.05, 3.63) is 29.8 Å². The van der Waals surface area contributed by atoms with Crippen molar-refractivity contribution in [3.8, 4) is 0 Å². The van der Waals surface area contributed by atoms with Crippen molar-refractivity contribution >= 4 is 5.69 Å². The lowest BCUT2D eigenvalue weighted by Gasteiger charge is -2.30. The molecular formula is C16H24N2O. The van der Waals surface area contributed by atoms with Gasteiger partial charge in [0.05, 0.1) is 12.1 Å². The first-order valence-electron chi connectivity index (χ1n) is 7.41. The van der Waals surface area contributed by atoms with Gasteiger partial charge in [-0.25, -0.2) is 0 Å². The molecule has 1 aliphatic carbocycles. The molecule has 1 saturated heterocycles. The van der Waals surface area contributed by atoms with Crippen LogP contribution in [-0.2, 0) is 11.3 Å². The molecule has 1 aromatic rings. The molecule has 1 saturated carbocycles. The summed E-state index contributed by atoms with van der Waals surface area (Å²) >= 11 is 0. The number of para-hydroxylation sites is 1. The Kier molecular flexibility index (Phi) is 3.76. The van der Waals surface area contributed by atoms with Gasteiger partial charge in [0.15, 0.2) is 0 Å². The standard InChI is InChI=1S/C16H24N2O/c1-12-15(9-10-19-12)18(2)16-6-4-3-5-13(16)11-17-14-7-8-14/h3-6,12,14-15,17H,7-11H2,1-2H3. The second-order valence-corrected chi connectivity index (χ2v) is 5.83. The minimum absolute atomic E-state index is 0.328. The van der Waals surface area contributed by atoms with Crippen LogP contribution >= 0.6 is 0 Å². The van der Waals surface area contributed by atoms with Gasteiger partial charge in [-0.3, -0.25) is 0 Å². The summed E-state index contributed by atoms with van der Waals surface area (Å²) in [6, 6.07) is 9.99. The van der Waals surface area contributed by atoms with Crippen LogP contribution in [0.25, 0.3) is 0 Å². The van der Waals surface area contributed by atoms with Crippen LogP contribution in [0.1, 0.15) is 31.7 Å². The number of hydrogen-bond donors (Lipinski definition) is 1. The van der Waals surface area contributed by atoms with E-state index in [1.807, 2.05) is 0 Å². The third kappa shape index (κ3) is 2.93. The van der Waals surface area contributed by atoms with Gasteiger partial charge in [0, 0.05) is 31.9 Å². The Labute approximate surface area is 115 Å². The van der Waals surface area contributed by atoms with Gasteiger partial charge in [-0.1, -0.05) is 18.2 Å². The first-order valence-corrected chi connectivity index (χ1v) is 7.41. The average Bonchev–Trinajstić information content (AvgIpc) is 3.17. The first-order chi connectivity index (χ1) is 9.25. The molecule has 0 amide bonds. The fourth-order valence-corrected chi connectivity index (χ4v) is 2.95. The lowest BCUT2D eigenvalue weighted by molar-refractivity contribution is 0.118. The molecule has 0 aromatic heterocycles. The predicted molar refractivity (Wildman–Crippen MR) is 78.5 cm³/mol. The summed E-state index contributed by atoms with van der Waals surface area (Å²) in [5.74, 6) is 0. The number of likely N-dealkylation sites (N-methyl/N-ethyl adjacent to an activating group) is 1. The molecule has 0 bridgehead atoms. The Bertz CT molecular complexity index is 431. The van der Waals surface area contributed by atoms with Crippen molar-refractivity contribution in [2.24, 2.45) is 0 Å². The third-order valence-corrected chi connectivity index (χ3v) is 4.36. The molecule has 1 aliphatic heterocycles. The van der Waals surface area contributed by atoms with E-state index in [4.69, 9.17) is 4.74 Å². The van der Waals surface area contributed by atoms with Gasteiger partial charge in [0.2, 0.25) is 0 Å². The molecule has 0 radical (unpaired) electrons. The monoisotopic (exact) mass is 260 g/mol. The van der Waals surface area contributed by atoms with E-state index in [0.717, 1.165) is 25.6 Å². The zero-order valence-corrected chi connectivity index (χ0v) is 11.9. The van der Waals surface area contributed by atoms with Crippen LogP contribution in [0.3, 0.4) is 0 Å². The van der Waals surface area contributed by atoms with Gasteiger partial charge in [-0.15, -0.1) is 0 Å². The van der Waals surface area contributed by atoms with Gasteiger partial charge in [-0.2, -0.15) is 0 Å². The molecule has 0 spiro atoms. The fourth-order valence-electron chi connectivity index (χ4n) is 2.95. The summed E-state index contributed by atoms with van der Waals surface area (Å²) in [6.07, 6.45) is 4.13. The third-order valence-electron chi connectivity index (χ3n) is 4.36. The van der Waals surface area contributed by atoms with Gasteiger partial charge in [0.25, 0.3) is 0 Å². The molecule has 1 N–H and O–H groups in total. The lowest BCUT2D eigenvalue weighted by Crippen LogP contribution is -2.37. The Morgan fingerprint density at radius 1 is 1.26 bits per heavy atom. The van der Waals surface area contributed by atoms with Crippen molar-refractivity contribution in [2.75, 3.05) is 18.6 Å². The van der Waals surface area contributed by atoms with Crippen LogP contribution in [-0.4, -0.2) is 31.8 Å². The Morgan fingerprint density at radius 3 is 2.74 bits per heavy atom. The number of ether oxygens (including phenoxy) is 1. The maximum atomic E-state index is 5.70. The molecule has 1 heterocycles. The number of hydrogen-bond acceptors (Lipinski definition) is 3. The maximum Gasteiger partial charge on any atom is 0.0750 e. The molecule has 2 unspecified atom stereocenters. The van der Waals surface area contributed by atoms with E-state index in [1.165, 1.54) is 24.1 Å². The normalized spacial score (nSPS) is 26.6. The van der Waals surface area contributed by atoms with Crippen LogP contribution in [0, 0.1) is 0 Å². The molecule has 3 rings (SSSR count). The Morgan fingerprint density at radius 2 is 2.05 bits per heavy atom. The zero-order chi connectivity index (χ0) is 13.2. The van der Waals surface area contributed by atoms with Gasteiger partial charge in [0.1, 0.15) is 0 Å². The van der Waals surface area contributed by atoms with Gasteiger partial charge < -0.3 is 15.0 Å². The van der Waals surface area contributed by atoms with Gasteiger partial charge in [-0.05, 0) is 37.8 Å². The smallest absolute Gasteiger partial charge is 0.0750 e. The largest absolute Gasteiger partial charge is 0.376 e.